The van der Waals surface area contributed by atoms with Crippen LogP contribution in [0.25, 0.3) is 22.1 Å². The Balaban J connectivity index is 1.85. The Kier molecular flexibility index (Phi) is 2.62. The number of hydrogen-bond acceptors (Lipinski definition) is 5. The number of fused-ring (bicyclic) bond motifs is 4. The van der Waals surface area contributed by atoms with E-state index in [0.717, 1.165) is 39.1 Å². The first-order valence-corrected chi connectivity index (χ1v) is 8.01. The van der Waals surface area contributed by atoms with Crippen molar-refractivity contribution in [3.05, 3.63) is 54.4 Å². The molecule has 1 aromatic carbocycles. The maximum Gasteiger partial charge on any atom is 0.227 e. The molecule has 0 unspecified atom stereocenters. The number of aromatic nitrogens is 2. The summed E-state index contributed by atoms with van der Waals surface area (Å²) in [7, 11) is 0. The monoisotopic (exact) mass is 316 g/mol. The molecule has 0 fully saturated rings. The molecule has 0 amide bonds. The summed E-state index contributed by atoms with van der Waals surface area (Å²) in [5.74, 6) is 0.899. The Labute approximate surface area is 138 Å². The minimum Gasteiger partial charge on any atom is -0.435 e. The average molecular weight is 316 g/mol. The van der Waals surface area contributed by atoms with Crippen molar-refractivity contribution in [2.45, 2.75) is 20.0 Å². The average Bonchev–Trinajstić information content (AvgIpc) is 3.12. The molecular formula is C19H16N4O. The highest BCUT2D eigenvalue weighted by atomic mass is 16.3. The van der Waals surface area contributed by atoms with E-state index in [1.807, 2.05) is 12.1 Å². The van der Waals surface area contributed by atoms with Gasteiger partial charge in [-0.05, 0) is 43.7 Å². The van der Waals surface area contributed by atoms with E-state index in [-0.39, 0.29) is 6.17 Å². The third kappa shape index (κ3) is 1.69. The molecule has 0 spiro atoms. The van der Waals surface area contributed by atoms with E-state index < -0.39 is 0 Å². The number of rotatable bonds is 1. The van der Waals surface area contributed by atoms with E-state index in [1.165, 1.54) is 0 Å². The molecular weight excluding hydrogens is 300 g/mol. The molecule has 0 radical (unpaired) electrons. The van der Waals surface area contributed by atoms with Gasteiger partial charge in [0.05, 0.1) is 11.4 Å². The van der Waals surface area contributed by atoms with Crippen molar-refractivity contribution < 1.29 is 4.42 Å². The second kappa shape index (κ2) is 4.71. The Morgan fingerprint density at radius 1 is 1.04 bits per heavy atom. The topological polar surface area (TPSA) is 54.2 Å². The summed E-state index contributed by atoms with van der Waals surface area (Å²) in [4.78, 5) is 11.1. The fourth-order valence-corrected chi connectivity index (χ4v) is 3.55. The smallest absolute Gasteiger partial charge is 0.227 e. The van der Waals surface area contributed by atoms with Crippen molar-refractivity contribution in [2.75, 3.05) is 10.2 Å². The van der Waals surface area contributed by atoms with Gasteiger partial charge in [0.1, 0.15) is 6.17 Å². The largest absolute Gasteiger partial charge is 0.435 e. The number of hydrogen-bond donors (Lipinski definition) is 1. The number of pyridine rings is 2. The Morgan fingerprint density at radius 2 is 1.88 bits per heavy atom. The molecule has 4 heterocycles. The highest BCUT2D eigenvalue weighted by Gasteiger charge is 2.31. The number of nitrogens with zero attached hydrogens (tertiary/aromatic N) is 3. The van der Waals surface area contributed by atoms with Gasteiger partial charge in [-0.15, -0.1) is 0 Å². The molecule has 0 aliphatic carbocycles. The molecule has 3 aromatic heterocycles. The predicted octanol–water partition coefficient (Wildman–Crippen LogP) is 4.59. The van der Waals surface area contributed by atoms with E-state index in [2.05, 4.69) is 58.3 Å². The van der Waals surface area contributed by atoms with Gasteiger partial charge in [-0.1, -0.05) is 12.1 Å². The predicted molar refractivity (Wildman–Crippen MR) is 95.7 cm³/mol. The molecule has 0 saturated carbocycles. The van der Waals surface area contributed by atoms with E-state index in [1.54, 1.807) is 12.4 Å². The summed E-state index contributed by atoms with van der Waals surface area (Å²) in [5, 5.41) is 5.56. The number of anilines is 3. The summed E-state index contributed by atoms with van der Waals surface area (Å²) in [6.45, 7) is 4.23. The fraction of sp³-hybridized carbons (Fsp3) is 0.158. The van der Waals surface area contributed by atoms with Gasteiger partial charge in [0.2, 0.25) is 5.71 Å². The van der Waals surface area contributed by atoms with Crippen molar-refractivity contribution in [3.8, 4) is 0 Å². The van der Waals surface area contributed by atoms with Crippen LogP contribution < -0.4 is 10.2 Å². The van der Waals surface area contributed by atoms with Crippen LogP contribution in [0.3, 0.4) is 0 Å². The summed E-state index contributed by atoms with van der Waals surface area (Å²) >= 11 is 0. The summed E-state index contributed by atoms with van der Waals surface area (Å²) in [6.07, 6.45) is 3.66. The Bertz CT molecular complexity index is 1090. The first-order chi connectivity index (χ1) is 11.7. The maximum absolute atomic E-state index is 6.14. The van der Waals surface area contributed by atoms with Gasteiger partial charge < -0.3 is 14.6 Å². The van der Waals surface area contributed by atoms with Gasteiger partial charge >= 0.3 is 0 Å². The molecule has 24 heavy (non-hydrogen) atoms. The minimum atomic E-state index is 0.0976. The second-order valence-electron chi connectivity index (χ2n) is 6.13. The van der Waals surface area contributed by atoms with Crippen LogP contribution in [0.1, 0.15) is 12.5 Å². The summed E-state index contributed by atoms with van der Waals surface area (Å²) in [5.41, 5.74) is 4.83. The highest BCUT2D eigenvalue weighted by molar-refractivity contribution is 6.09. The minimum absolute atomic E-state index is 0.0976. The lowest BCUT2D eigenvalue weighted by Gasteiger charge is -2.25. The van der Waals surface area contributed by atoms with Crippen molar-refractivity contribution in [1.82, 2.24) is 9.97 Å². The highest BCUT2D eigenvalue weighted by Crippen LogP contribution is 2.44. The number of furan rings is 1. The van der Waals surface area contributed by atoms with Crippen molar-refractivity contribution in [3.63, 3.8) is 0 Å². The molecule has 1 aliphatic rings. The Hall–Kier alpha value is -3.08. The zero-order chi connectivity index (χ0) is 16.3. The van der Waals surface area contributed by atoms with Crippen LogP contribution in [0.15, 0.2) is 53.2 Å². The molecule has 5 nitrogen and oxygen atoms in total. The van der Waals surface area contributed by atoms with Crippen molar-refractivity contribution >= 4 is 39.3 Å². The molecule has 1 aliphatic heterocycles. The van der Waals surface area contributed by atoms with Crippen LogP contribution in [0.5, 0.6) is 0 Å². The zero-order valence-electron chi connectivity index (χ0n) is 13.4. The number of nitrogens with one attached hydrogen (secondary N) is 1. The molecule has 1 N–H and O–H groups in total. The van der Waals surface area contributed by atoms with E-state index in [0.29, 0.717) is 5.71 Å². The Morgan fingerprint density at radius 3 is 2.79 bits per heavy atom. The van der Waals surface area contributed by atoms with E-state index in [9.17, 15) is 0 Å². The van der Waals surface area contributed by atoms with Gasteiger partial charge in [-0.3, -0.25) is 0 Å². The number of benzene rings is 1. The molecule has 1 atom stereocenters. The lowest BCUT2D eigenvalue weighted by atomic mass is 10.1. The van der Waals surface area contributed by atoms with Crippen LogP contribution in [-0.4, -0.2) is 16.1 Å². The third-order valence-electron chi connectivity index (χ3n) is 4.61. The summed E-state index contributed by atoms with van der Waals surface area (Å²) < 4.78 is 6.14. The molecule has 5 rings (SSSR count). The van der Waals surface area contributed by atoms with Crippen LogP contribution in [0.4, 0.5) is 17.2 Å². The summed E-state index contributed by atoms with van der Waals surface area (Å²) in [6, 6.07) is 12.3. The SMILES string of the molecule is Cc1ccc2c(oc3ncccc32)c1N1c2cccnc2N[C@@H]1C. The normalized spacial score (nSPS) is 16.6. The van der Waals surface area contributed by atoms with Gasteiger partial charge in [0.15, 0.2) is 11.4 Å². The molecule has 0 bridgehead atoms. The first-order valence-electron chi connectivity index (χ1n) is 8.01. The lowest BCUT2D eigenvalue weighted by Crippen LogP contribution is -2.29. The van der Waals surface area contributed by atoms with E-state index >= 15 is 0 Å². The maximum atomic E-state index is 6.14. The van der Waals surface area contributed by atoms with Crippen LogP contribution in [0, 0.1) is 6.92 Å². The van der Waals surface area contributed by atoms with E-state index in [4.69, 9.17) is 4.42 Å². The lowest BCUT2D eigenvalue weighted by molar-refractivity contribution is 0.651. The second-order valence-corrected chi connectivity index (χ2v) is 6.13. The molecule has 118 valence electrons. The van der Waals surface area contributed by atoms with Crippen molar-refractivity contribution in [1.29, 1.82) is 0 Å². The molecule has 0 saturated heterocycles. The van der Waals surface area contributed by atoms with Crippen LogP contribution in [-0.2, 0) is 0 Å². The van der Waals surface area contributed by atoms with Gasteiger partial charge in [0.25, 0.3) is 0 Å². The van der Waals surface area contributed by atoms with Gasteiger partial charge in [-0.25, -0.2) is 9.97 Å². The van der Waals surface area contributed by atoms with Crippen LogP contribution >= 0.6 is 0 Å². The quantitative estimate of drug-likeness (QED) is 0.556. The number of aryl methyl sites for hydroxylation is 1. The zero-order valence-corrected chi connectivity index (χ0v) is 13.4. The van der Waals surface area contributed by atoms with Gasteiger partial charge in [0, 0.05) is 23.2 Å². The molecule has 5 heteroatoms. The third-order valence-corrected chi connectivity index (χ3v) is 4.61. The van der Waals surface area contributed by atoms with Crippen molar-refractivity contribution in [2.24, 2.45) is 0 Å². The fourth-order valence-electron chi connectivity index (χ4n) is 3.55. The standard InChI is InChI=1S/C19H16N4O/c1-11-7-8-13-14-5-3-10-21-19(14)24-17(13)16(11)23-12(2)22-18-15(23)6-4-9-20-18/h3-10,12H,1-2H3,(H,20,22)/t12-/m0/s1. The molecule has 4 aromatic rings. The first kappa shape index (κ1) is 13.4. The van der Waals surface area contributed by atoms with Crippen LogP contribution in [0.2, 0.25) is 0 Å². The van der Waals surface area contributed by atoms with Gasteiger partial charge in [-0.2, -0.15) is 0 Å².